The molecule has 0 aliphatic heterocycles. The summed E-state index contributed by atoms with van der Waals surface area (Å²) in [4.78, 5) is 53.1. The van der Waals surface area contributed by atoms with Crippen LogP contribution in [0.4, 0.5) is 10.5 Å². The van der Waals surface area contributed by atoms with Crippen LogP contribution in [0.5, 0.6) is 5.75 Å². The number of carbonyl (C=O) groups excluding carboxylic acids is 4. The summed E-state index contributed by atoms with van der Waals surface area (Å²) in [6.07, 6.45) is -1.20. The molecule has 5 N–H and O–H groups in total. The highest BCUT2D eigenvalue weighted by Crippen LogP contribution is 2.27. The molecule has 0 heterocycles. The van der Waals surface area contributed by atoms with Crippen molar-refractivity contribution in [2.45, 2.75) is 65.1 Å². The second kappa shape index (κ2) is 14.3. The Kier molecular flexibility index (Phi) is 11.5. The topological polar surface area (TPSA) is 160 Å². The van der Waals surface area contributed by atoms with E-state index in [1.807, 2.05) is 19.9 Å². The van der Waals surface area contributed by atoms with Gasteiger partial charge in [0.2, 0.25) is 11.8 Å². The first-order chi connectivity index (χ1) is 18.7. The lowest BCUT2D eigenvalue weighted by Crippen LogP contribution is -2.53. The smallest absolute Gasteiger partial charge is 0.408 e. The van der Waals surface area contributed by atoms with Crippen LogP contribution in [0, 0.1) is 13.8 Å². The van der Waals surface area contributed by atoms with Crippen LogP contribution in [0.25, 0.3) is 0 Å². The first kappa shape index (κ1) is 32.1. The third-order valence-electron chi connectivity index (χ3n) is 6.06. The zero-order valence-corrected chi connectivity index (χ0v) is 23.9. The number of aryl methyl sites for hydroxylation is 2. The number of nitrogens with one attached hydrogen (secondary N) is 2. The van der Waals surface area contributed by atoms with Crippen LogP contribution < -0.4 is 21.1 Å². The Morgan fingerprint density at radius 1 is 1.02 bits per heavy atom. The predicted molar refractivity (Wildman–Crippen MR) is 151 cm³/mol. The number of aliphatic hydroxyl groups excluding tert-OH is 1. The quantitative estimate of drug-likeness (QED) is 0.313. The Hall–Kier alpha value is -4.12. The van der Waals surface area contributed by atoms with Gasteiger partial charge < -0.3 is 35.8 Å². The van der Waals surface area contributed by atoms with Crippen LogP contribution in [0.1, 0.15) is 56.3 Å². The van der Waals surface area contributed by atoms with E-state index >= 15 is 0 Å². The number of aliphatic hydroxyl groups is 1. The standard InChI is InChI=1S/C29H40N4O7/c1-18-7-8-20(17-19(18)2)25(26(36)31-21-9-11-22(39-6)12-10-21)33(15-16-34)27(37)23(13-14-24(30)35)32-28(38)40-29(3,4)5/h7-12,17,23,25,34H,13-16H2,1-6H3,(H2,30,35)(H,31,36)(H,32,38). The van der Waals surface area contributed by atoms with E-state index in [1.165, 1.54) is 12.0 Å². The SMILES string of the molecule is COc1ccc(NC(=O)C(c2ccc(C)c(C)c2)N(CCO)C(=O)C(CCC(N)=O)NC(=O)OC(C)(C)C)cc1. The number of carbonyl (C=O) groups is 4. The molecule has 0 aromatic heterocycles. The van der Waals surface area contributed by atoms with E-state index in [0.717, 1.165) is 11.1 Å². The van der Waals surface area contributed by atoms with E-state index in [0.29, 0.717) is 17.0 Å². The van der Waals surface area contributed by atoms with Gasteiger partial charge in [0.15, 0.2) is 0 Å². The van der Waals surface area contributed by atoms with Crippen LogP contribution in [0.2, 0.25) is 0 Å². The highest BCUT2D eigenvalue weighted by molar-refractivity contribution is 5.99. The summed E-state index contributed by atoms with van der Waals surface area (Å²) in [6.45, 7) is 8.13. The van der Waals surface area contributed by atoms with Gasteiger partial charge >= 0.3 is 6.09 Å². The van der Waals surface area contributed by atoms with Gasteiger partial charge in [0, 0.05) is 18.7 Å². The highest BCUT2D eigenvalue weighted by Gasteiger charge is 2.36. The van der Waals surface area contributed by atoms with Crippen LogP contribution in [0.3, 0.4) is 0 Å². The second-order valence-corrected chi connectivity index (χ2v) is 10.4. The van der Waals surface area contributed by atoms with Crippen molar-refractivity contribution in [3.63, 3.8) is 0 Å². The van der Waals surface area contributed by atoms with Gasteiger partial charge in [-0.3, -0.25) is 14.4 Å². The summed E-state index contributed by atoms with van der Waals surface area (Å²) in [6, 6.07) is 9.61. The Labute approximate surface area is 235 Å². The molecule has 0 aliphatic rings. The number of hydrogen-bond acceptors (Lipinski definition) is 7. The number of amides is 4. The van der Waals surface area contributed by atoms with Crippen LogP contribution in [0.15, 0.2) is 42.5 Å². The summed E-state index contributed by atoms with van der Waals surface area (Å²) in [5.74, 6) is -1.29. The number of methoxy groups -OCH3 is 1. The van der Waals surface area contributed by atoms with Crippen molar-refractivity contribution in [3.8, 4) is 5.75 Å². The molecule has 0 aliphatic carbocycles. The van der Waals surface area contributed by atoms with Crippen molar-refractivity contribution >= 4 is 29.5 Å². The second-order valence-electron chi connectivity index (χ2n) is 10.4. The molecule has 0 saturated carbocycles. The number of anilines is 1. The number of nitrogens with zero attached hydrogens (tertiary/aromatic N) is 1. The number of hydrogen-bond donors (Lipinski definition) is 4. The summed E-state index contributed by atoms with van der Waals surface area (Å²) >= 11 is 0. The maximum Gasteiger partial charge on any atom is 0.408 e. The summed E-state index contributed by atoms with van der Waals surface area (Å²) in [5, 5.41) is 15.3. The minimum atomic E-state index is -1.25. The minimum Gasteiger partial charge on any atom is -0.497 e. The van der Waals surface area contributed by atoms with Gasteiger partial charge in [-0.15, -0.1) is 0 Å². The van der Waals surface area contributed by atoms with Gasteiger partial charge in [-0.2, -0.15) is 0 Å². The third-order valence-corrected chi connectivity index (χ3v) is 6.06. The Bertz CT molecular complexity index is 1190. The van der Waals surface area contributed by atoms with Gasteiger partial charge in [0.25, 0.3) is 5.91 Å². The minimum absolute atomic E-state index is 0.130. The average molecular weight is 557 g/mol. The maximum absolute atomic E-state index is 13.9. The Morgan fingerprint density at radius 2 is 1.68 bits per heavy atom. The van der Waals surface area contributed by atoms with Gasteiger partial charge in [-0.05, 0) is 82.0 Å². The summed E-state index contributed by atoms with van der Waals surface area (Å²) in [5.41, 5.74) is 7.34. The van der Waals surface area contributed by atoms with E-state index in [2.05, 4.69) is 10.6 Å². The van der Waals surface area contributed by atoms with Crippen molar-refractivity contribution in [2.24, 2.45) is 5.73 Å². The molecular weight excluding hydrogens is 516 g/mol. The molecular formula is C29H40N4O7. The normalized spacial score (nSPS) is 12.6. The van der Waals surface area contributed by atoms with Crippen molar-refractivity contribution in [2.75, 3.05) is 25.6 Å². The molecule has 2 rings (SSSR count). The molecule has 11 heteroatoms. The van der Waals surface area contributed by atoms with Crippen molar-refractivity contribution < 1.29 is 33.8 Å². The first-order valence-corrected chi connectivity index (χ1v) is 13.0. The van der Waals surface area contributed by atoms with Crippen LogP contribution >= 0.6 is 0 Å². The molecule has 218 valence electrons. The Morgan fingerprint density at radius 3 is 2.20 bits per heavy atom. The number of ether oxygens (including phenoxy) is 2. The maximum atomic E-state index is 13.9. The van der Waals surface area contributed by atoms with Gasteiger partial charge in [-0.1, -0.05) is 18.2 Å². The molecule has 11 nitrogen and oxygen atoms in total. The number of primary amides is 1. The van der Waals surface area contributed by atoms with Gasteiger partial charge in [0.1, 0.15) is 23.4 Å². The third kappa shape index (κ3) is 9.57. The predicted octanol–water partition coefficient (Wildman–Crippen LogP) is 2.97. The van der Waals surface area contributed by atoms with Gasteiger partial charge in [0.05, 0.1) is 13.7 Å². The summed E-state index contributed by atoms with van der Waals surface area (Å²) < 4.78 is 10.5. The molecule has 2 aromatic carbocycles. The molecule has 0 spiro atoms. The molecule has 0 bridgehead atoms. The average Bonchev–Trinajstić information content (AvgIpc) is 2.87. The fraction of sp³-hybridized carbons (Fsp3) is 0.448. The van der Waals surface area contributed by atoms with Crippen molar-refractivity contribution in [1.82, 2.24) is 10.2 Å². The van der Waals surface area contributed by atoms with Crippen molar-refractivity contribution in [3.05, 3.63) is 59.2 Å². The molecule has 4 amide bonds. The highest BCUT2D eigenvalue weighted by atomic mass is 16.6. The van der Waals surface area contributed by atoms with Crippen LogP contribution in [-0.4, -0.2) is 65.7 Å². The zero-order chi connectivity index (χ0) is 30.0. The Balaban J connectivity index is 2.52. The first-order valence-electron chi connectivity index (χ1n) is 13.0. The largest absolute Gasteiger partial charge is 0.497 e. The molecule has 0 radical (unpaired) electrons. The lowest BCUT2D eigenvalue weighted by atomic mass is 9.97. The molecule has 2 unspecified atom stereocenters. The van der Waals surface area contributed by atoms with E-state index in [4.69, 9.17) is 15.2 Å². The molecule has 0 saturated heterocycles. The molecule has 2 aromatic rings. The van der Waals surface area contributed by atoms with Crippen LogP contribution in [-0.2, 0) is 19.1 Å². The number of alkyl carbamates (subject to hydrolysis) is 1. The summed E-state index contributed by atoms with van der Waals surface area (Å²) in [7, 11) is 1.53. The molecule has 2 atom stereocenters. The number of benzene rings is 2. The molecule has 40 heavy (non-hydrogen) atoms. The van der Waals surface area contributed by atoms with E-state index in [-0.39, 0.29) is 19.4 Å². The lowest BCUT2D eigenvalue weighted by Gasteiger charge is -2.34. The van der Waals surface area contributed by atoms with E-state index in [1.54, 1.807) is 57.2 Å². The monoisotopic (exact) mass is 556 g/mol. The van der Waals surface area contributed by atoms with Gasteiger partial charge in [-0.25, -0.2) is 4.79 Å². The number of nitrogens with two attached hydrogens (primary N) is 1. The van der Waals surface area contributed by atoms with Crippen molar-refractivity contribution in [1.29, 1.82) is 0 Å². The number of rotatable bonds is 12. The van der Waals surface area contributed by atoms with E-state index in [9.17, 15) is 24.3 Å². The lowest BCUT2D eigenvalue weighted by molar-refractivity contribution is -0.141. The zero-order valence-electron chi connectivity index (χ0n) is 23.9. The fourth-order valence-corrected chi connectivity index (χ4v) is 3.96. The van der Waals surface area contributed by atoms with E-state index < -0.39 is 48.1 Å². The fourth-order valence-electron chi connectivity index (χ4n) is 3.96. The molecule has 0 fully saturated rings.